The third-order valence-corrected chi connectivity index (χ3v) is 7.10. The first-order valence-corrected chi connectivity index (χ1v) is 12.1. The summed E-state index contributed by atoms with van der Waals surface area (Å²) in [5, 5.41) is 2.83. The highest BCUT2D eigenvalue weighted by Gasteiger charge is 2.27. The summed E-state index contributed by atoms with van der Waals surface area (Å²) in [5.74, 6) is 0.255. The Morgan fingerprint density at radius 3 is 2.39 bits per heavy atom. The SMILES string of the molecule is CCOc1ccc(S(=O)(=O)N2CCOCC2)cc1NC(=O)CCc1ccc(CC)cc1. The van der Waals surface area contributed by atoms with Crippen molar-refractivity contribution in [2.75, 3.05) is 38.2 Å². The Kier molecular flexibility index (Phi) is 8.06. The highest BCUT2D eigenvalue weighted by molar-refractivity contribution is 7.89. The van der Waals surface area contributed by atoms with E-state index in [0.717, 1.165) is 12.0 Å². The van der Waals surface area contributed by atoms with Crippen LogP contribution in [-0.2, 0) is 32.4 Å². The molecule has 1 aliphatic heterocycles. The molecule has 2 aromatic carbocycles. The quantitative estimate of drug-likeness (QED) is 0.639. The van der Waals surface area contributed by atoms with E-state index in [1.807, 2.05) is 19.1 Å². The molecule has 0 aliphatic carbocycles. The van der Waals surface area contributed by atoms with Gasteiger partial charge in [0, 0.05) is 19.5 Å². The number of anilines is 1. The van der Waals surface area contributed by atoms with Crippen LogP contribution in [0.25, 0.3) is 0 Å². The van der Waals surface area contributed by atoms with E-state index >= 15 is 0 Å². The predicted octanol–water partition coefficient (Wildman–Crippen LogP) is 3.24. The lowest BCUT2D eigenvalue weighted by molar-refractivity contribution is -0.116. The predicted molar refractivity (Wildman–Crippen MR) is 120 cm³/mol. The Morgan fingerprint density at radius 1 is 1.06 bits per heavy atom. The molecule has 0 aromatic heterocycles. The molecule has 0 unspecified atom stereocenters. The van der Waals surface area contributed by atoms with Gasteiger partial charge in [-0.1, -0.05) is 31.2 Å². The number of nitrogens with zero attached hydrogens (tertiary/aromatic N) is 1. The van der Waals surface area contributed by atoms with Crippen LogP contribution < -0.4 is 10.1 Å². The zero-order chi connectivity index (χ0) is 22.3. The maximum Gasteiger partial charge on any atom is 0.243 e. The van der Waals surface area contributed by atoms with Gasteiger partial charge in [-0.15, -0.1) is 0 Å². The van der Waals surface area contributed by atoms with Gasteiger partial charge in [-0.25, -0.2) is 8.42 Å². The first kappa shape index (κ1) is 23.2. The van der Waals surface area contributed by atoms with Crippen molar-refractivity contribution in [2.24, 2.45) is 0 Å². The summed E-state index contributed by atoms with van der Waals surface area (Å²) in [4.78, 5) is 12.7. The van der Waals surface area contributed by atoms with E-state index in [4.69, 9.17) is 9.47 Å². The lowest BCUT2D eigenvalue weighted by Gasteiger charge is -2.26. The fourth-order valence-electron chi connectivity index (χ4n) is 3.40. The number of amides is 1. The summed E-state index contributed by atoms with van der Waals surface area (Å²) in [5.41, 5.74) is 2.70. The summed E-state index contributed by atoms with van der Waals surface area (Å²) < 4.78 is 38.2. The van der Waals surface area contributed by atoms with E-state index < -0.39 is 10.0 Å². The molecule has 0 bridgehead atoms. The molecular weight excluding hydrogens is 416 g/mol. The minimum atomic E-state index is -3.67. The van der Waals surface area contributed by atoms with Gasteiger partial charge in [-0.2, -0.15) is 4.31 Å². The van der Waals surface area contributed by atoms with Crippen LogP contribution in [0.1, 0.15) is 31.4 Å². The van der Waals surface area contributed by atoms with Gasteiger partial charge in [-0.3, -0.25) is 4.79 Å². The van der Waals surface area contributed by atoms with Gasteiger partial charge in [0.1, 0.15) is 5.75 Å². The van der Waals surface area contributed by atoms with Crippen LogP contribution >= 0.6 is 0 Å². The monoisotopic (exact) mass is 446 g/mol. The second kappa shape index (κ2) is 10.7. The minimum Gasteiger partial charge on any atom is -0.492 e. The van der Waals surface area contributed by atoms with Crippen molar-refractivity contribution in [2.45, 2.75) is 38.0 Å². The average molecular weight is 447 g/mol. The third kappa shape index (κ3) is 6.06. The van der Waals surface area contributed by atoms with Crippen LogP contribution in [0.5, 0.6) is 5.75 Å². The van der Waals surface area contributed by atoms with E-state index in [2.05, 4.69) is 24.4 Å². The lowest BCUT2D eigenvalue weighted by Crippen LogP contribution is -2.40. The highest BCUT2D eigenvalue weighted by atomic mass is 32.2. The lowest BCUT2D eigenvalue weighted by atomic mass is 10.1. The van der Waals surface area contributed by atoms with Crippen molar-refractivity contribution in [1.82, 2.24) is 4.31 Å². The minimum absolute atomic E-state index is 0.128. The summed E-state index contributed by atoms with van der Waals surface area (Å²) in [6, 6.07) is 12.8. The number of hydrogen-bond acceptors (Lipinski definition) is 5. The zero-order valence-electron chi connectivity index (χ0n) is 18.1. The molecule has 0 spiro atoms. The zero-order valence-corrected chi connectivity index (χ0v) is 18.9. The van der Waals surface area contributed by atoms with Crippen molar-refractivity contribution >= 4 is 21.6 Å². The number of carbonyl (C=O) groups is 1. The molecule has 1 heterocycles. The van der Waals surface area contributed by atoms with Crippen molar-refractivity contribution in [3.05, 3.63) is 53.6 Å². The van der Waals surface area contributed by atoms with E-state index in [1.165, 1.54) is 22.0 Å². The van der Waals surface area contributed by atoms with Crippen LogP contribution in [-0.4, -0.2) is 51.5 Å². The smallest absolute Gasteiger partial charge is 0.243 e. The van der Waals surface area contributed by atoms with Gasteiger partial charge in [0.05, 0.1) is 30.4 Å². The van der Waals surface area contributed by atoms with Crippen molar-refractivity contribution in [3.8, 4) is 5.75 Å². The number of sulfonamides is 1. The summed E-state index contributed by atoms with van der Waals surface area (Å²) >= 11 is 0. The van der Waals surface area contributed by atoms with E-state index in [1.54, 1.807) is 6.07 Å². The van der Waals surface area contributed by atoms with Crippen molar-refractivity contribution < 1.29 is 22.7 Å². The fourth-order valence-corrected chi connectivity index (χ4v) is 4.83. The number of ether oxygens (including phenoxy) is 2. The van der Waals surface area contributed by atoms with Gasteiger partial charge in [0.2, 0.25) is 15.9 Å². The van der Waals surface area contributed by atoms with Gasteiger partial charge < -0.3 is 14.8 Å². The van der Waals surface area contributed by atoms with E-state index in [-0.39, 0.29) is 17.2 Å². The van der Waals surface area contributed by atoms with Crippen LogP contribution in [0, 0.1) is 0 Å². The standard InChI is InChI=1S/C23H30N2O5S/c1-3-18-5-7-19(8-6-18)9-12-23(26)24-21-17-20(10-11-22(21)30-4-2)31(27,28)25-13-15-29-16-14-25/h5-8,10-11,17H,3-4,9,12-16H2,1-2H3,(H,24,26). The van der Waals surface area contributed by atoms with Crippen LogP contribution in [0.2, 0.25) is 0 Å². The molecule has 1 aliphatic rings. The molecule has 1 fully saturated rings. The molecule has 8 heteroatoms. The molecule has 1 amide bonds. The first-order chi connectivity index (χ1) is 14.9. The Labute approximate surface area is 184 Å². The molecule has 1 saturated heterocycles. The summed E-state index contributed by atoms with van der Waals surface area (Å²) in [6.45, 7) is 5.72. The Balaban J connectivity index is 1.73. The Hall–Kier alpha value is -2.42. The number of hydrogen-bond donors (Lipinski definition) is 1. The number of benzene rings is 2. The average Bonchev–Trinajstić information content (AvgIpc) is 2.80. The number of rotatable bonds is 9. The van der Waals surface area contributed by atoms with E-state index in [9.17, 15) is 13.2 Å². The van der Waals surface area contributed by atoms with Crippen molar-refractivity contribution in [1.29, 1.82) is 0 Å². The van der Waals surface area contributed by atoms with Gasteiger partial charge in [0.25, 0.3) is 0 Å². The summed E-state index contributed by atoms with van der Waals surface area (Å²) in [7, 11) is -3.67. The molecular formula is C23H30N2O5S. The summed E-state index contributed by atoms with van der Waals surface area (Å²) in [6.07, 6.45) is 1.87. The van der Waals surface area contributed by atoms with Crippen LogP contribution in [0.4, 0.5) is 5.69 Å². The first-order valence-electron chi connectivity index (χ1n) is 10.7. The largest absolute Gasteiger partial charge is 0.492 e. The molecule has 0 atom stereocenters. The molecule has 2 aromatic rings. The Morgan fingerprint density at radius 2 is 1.74 bits per heavy atom. The fraction of sp³-hybridized carbons (Fsp3) is 0.435. The van der Waals surface area contributed by atoms with Gasteiger partial charge >= 0.3 is 0 Å². The second-order valence-corrected chi connectivity index (χ2v) is 9.26. The van der Waals surface area contributed by atoms with Crippen LogP contribution in [0.15, 0.2) is 47.4 Å². The number of morpholine rings is 1. The molecule has 7 nitrogen and oxygen atoms in total. The van der Waals surface area contributed by atoms with Gasteiger partial charge in [-0.05, 0) is 49.1 Å². The number of nitrogens with one attached hydrogen (secondary N) is 1. The molecule has 1 N–H and O–H groups in total. The highest BCUT2D eigenvalue weighted by Crippen LogP contribution is 2.30. The maximum absolute atomic E-state index is 13.0. The normalized spacial score (nSPS) is 14.9. The second-order valence-electron chi connectivity index (χ2n) is 7.33. The molecule has 31 heavy (non-hydrogen) atoms. The maximum atomic E-state index is 13.0. The van der Waals surface area contributed by atoms with Crippen molar-refractivity contribution in [3.63, 3.8) is 0 Å². The van der Waals surface area contributed by atoms with Gasteiger partial charge in [0.15, 0.2) is 0 Å². The third-order valence-electron chi connectivity index (χ3n) is 5.20. The molecule has 0 radical (unpaired) electrons. The molecule has 0 saturated carbocycles. The number of carbonyl (C=O) groups excluding carboxylic acids is 1. The van der Waals surface area contributed by atoms with Crippen LogP contribution in [0.3, 0.4) is 0 Å². The molecule has 168 valence electrons. The number of aryl methyl sites for hydroxylation is 2. The Bertz CT molecular complexity index is 984. The molecule has 3 rings (SSSR count). The topological polar surface area (TPSA) is 84.9 Å². The van der Waals surface area contributed by atoms with E-state index in [0.29, 0.717) is 50.8 Å².